The lowest BCUT2D eigenvalue weighted by atomic mass is 9.72. The topological polar surface area (TPSA) is 61.4 Å². The molecule has 2 atom stereocenters. The smallest absolute Gasteiger partial charge is 0.219 e. The van der Waals surface area contributed by atoms with Gasteiger partial charge in [0.1, 0.15) is 0 Å². The SMILES string of the molecule is CCC(=O)NCCCC(O)(c1cccc(Cl)c1-c1cccc(CC)c1)[C@@H]1CCCNC1. The third-order valence-electron chi connectivity index (χ3n) is 6.45. The number of benzene rings is 2. The fourth-order valence-electron chi connectivity index (χ4n) is 4.65. The average molecular weight is 443 g/mol. The second-order valence-corrected chi connectivity index (χ2v) is 8.90. The van der Waals surface area contributed by atoms with E-state index in [0.29, 0.717) is 30.8 Å². The predicted molar refractivity (Wildman–Crippen MR) is 128 cm³/mol. The van der Waals surface area contributed by atoms with E-state index in [1.54, 1.807) is 0 Å². The van der Waals surface area contributed by atoms with Crippen LogP contribution in [0.2, 0.25) is 5.02 Å². The van der Waals surface area contributed by atoms with Crippen LogP contribution in [0.15, 0.2) is 42.5 Å². The molecule has 4 nitrogen and oxygen atoms in total. The molecule has 2 aromatic carbocycles. The van der Waals surface area contributed by atoms with Crippen LogP contribution < -0.4 is 10.6 Å². The third-order valence-corrected chi connectivity index (χ3v) is 6.77. The fraction of sp³-hybridized carbons (Fsp3) is 0.500. The van der Waals surface area contributed by atoms with E-state index in [-0.39, 0.29) is 11.8 Å². The molecule has 1 amide bonds. The van der Waals surface area contributed by atoms with Gasteiger partial charge in [-0.25, -0.2) is 0 Å². The van der Waals surface area contributed by atoms with Gasteiger partial charge >= 0.3 is 0 Å². The Morgan fingerprint density at radius 2 is 2.06 bits per heavy atom. The Kier molecular flexibility index (Phi) is 8.53. The summed E-state index contributed by atoms with van der Waals surface area (Å²) >= 11 is 6.74. The van der Waals surface area contributed by atoms with Gasteiger partial charge in [0.2, 0.25) is 5.91 Å². The Morgan fingerprint density at radius 1 is 1.26 bits per heavy atom. The minimum atomic E-state index is -1.02. The van der Waals surface area contributed by atoms with Crippen molar-refractivity contribution in [2.24, 2.45) is 5.92 Å². The molecule has 0 aromatic heterocycles. The predicted octanol–water partition coefficient (Wildman–Crippen LogP) is 5.06. The summed E-state index contributed by atoms with van der Waals surface area (Å²) in [5.74, 6) is 0.136. The van der Waals surface area contributed by atoms with Gasteiger partial charge in [-0.1, -0.05) is 61.8 Å². The summed E-state index contributed by atoms with van der Waals surface area (Å²) in [6.45, 7) is 6.32. The molecule has 1 unspecified atom stereocenters. The van der Waals surface area contributed by atoms with Gasteiger partial charge in [-0.15, -0.1) is 0 Å². The molecule has 5 heteroatoms. The second-order valence-electron chi connectivity index (χ2n) is 8.49. The van der Waals surface area contributed by atoms with Gasteiger partial charge in [-0.2, -0.15) is 0 Å². The Hall–Kier alpha value is -1.88. The highest BCUT2D eigenvalue weighted by molar-refractivity contribution is 6.33. The molecule has 1 aliphatic heterocycles. The van der Waals surface area contributed by atoms with E-state index >= 15 is 0 Å². The molecule has 2 aromatic rings. The Morgan fingerprint density at radius 3 is 2.77 bits per heavy atom. The van der Waals surface area contributed by atoms with Crippen molar-refractivity contribution >= 4 is 17.5 Å². The van der Waals surface area contributed by atoms with E-state index in [0.717, 1.165) is 49.0 Å². The maximum Gasteiger partial charge on any atom is 0.219 e. The quantitative estimate of drug-likeness (QED) is 0.475. The normalized spacial score (nSPS) is 18.4. The lowest BCUT2D eigenvalue weighted by Crippen LogP contribution is -2.45. The molecule has 0 saturated carbocycles. The van der Waals surface area contributed by atoms with Crippen molar-refractivity contribution in [3.8, 4) is 11.1 Å². The van der Waals surface area contributed by atoms with Gasteiger partial charge in [-0.05, 0) is 61.4 Å². The largest absolute Gasteiger partial charge is 0.385 e. The van der Waals surface area contributed by atoms with Gasteiger partial charge < -0.3 is 15.7 Å². The summed E-state index contributed by atoms with van der Waals surface area (Å²) in [5, 5.41) is 19.3. The summed E-state index contributed by atoms with van der Waals surface area (Å²) in [4.78, 5) is 11.7. The molecule has 0 radical (unpaired) electrons. The zero-order valence-corrected chi connectivity index (χ0v) is 19.5. The van der Waals surface area contributed by atoms with Crippen LogP contribution in [0.4, 0.5) is 0 Å². The Labute approximate surface area is 191 Å². The van der Waals surface area contributed by atoms with E-state index in [1.165, 1.54) is 5.56 Å². The fourth-order valence-corrected chi connectivity index (χ4v) is 4.94. The van der Waals surface area contributed by atoms with Gasteiger partial charge in [0.15, 0.2) is 0 Å². The van der Waals surface area contributed by atoms with Gasteiger partial charge in [-0.3, -0.25) is 4.79 Å². The highest BCUT2D eigenvalue weighted by Crippen LogP contribution is 2.44. The molecule has 0 spiro atoms. The number of aliphatic hydroxyl groups is 1. The van der Waals surface area contributed by atoms with E-state index in [4.69, 9.17) is 11.6 Å². The van der Waals surface area contributed by atoms with E-state index in [1.807, 2.05) is 25.1 Å². The third kappa shape index (κ3) is 5.68. The van der Waals surface area contributed by atoms with Crippen molar-refractivity contribution in [3.63, 3.8) is 0 Å². The number of hydrogen-bond acceptors (Lipinski definition) is 3. The molecule has 1 aliphatic rings. The van der Waals surface area contributed by atoms with Crippen LogP contribution in [0.1, 0.15) is 57.1 Å². The molecule has 3 rings (SSSR count). The number of halogens is 1. The molecule has 0 bridgehead atoms. The molecule has 1 saturated heterocycles. The molecule has 1 fully saturated rings. The number of nitrogens with one attached hydrogen (secondary N) is 2. The van der Waals surface area contributed by atoms with E-state index in [2.05, 4.69) is 41.8 Å². The van der Waals surface area contributed by atoms with Crippen molar-refractivity contribution in [1.82, 2.24) is 10.6 Å². The Bertz CT molecular complexity index is 879. The number of rotatable bonds is 9. The summed E-state index contributed by atoms with van der Waals surface area (Å²) in [6.07, 6.45) is 4.71. The summed E-state index contributed by atoms with van der Waals surface area (Å²) < 4.78 is 0. The van der Waals surface area contributed by atoms with Crippen LogP contribution in [0, 0.1) is 5.92 Å². The molecule has 3 N–H and O–H groups in total. The van der Waals surface area contributed by atoms with Gasteiger partial charge in [0.05, 0.1) is 5.60 Å². The lowest BCUT2D eigenvalue weighted by Gasteiger charge is -2.40. The molecular formula is C26H35ClN2O2. The number of carbonyl (C=O) groups is 1. The number of aryl methyl sites for hydroxylation is 1. The maximum atomic E-state index is 12.2. The summed E-state index contributed by atoms with van der Waals surface area (Å²) in [7, 11) is 0. The standard InChI is InChI=1S/C26H35ClN2O2/c1-3-19-9-5-10-20(17-19)25-22(12-6-13-23(25)27)26(31,21-11-7-15-28-18-21)14-8-16-29-24(30)4-2/h5-6,9-10,12-13,17,21,28,31H,3-4,7-8,11,14-16,18H2,1-2H3,(H,29,30)/t21-,26?/m1/s1. The highest BCUT2D eigenvalue weighted by atomic mass is 35.5. The van der Waals surface area contributed by atoms with Crippen molar-refractivity contribution in [2.45, 2.75) is 58.0 Å². The van der Waals surface area contributed by atoms with Gasteiger partial charge in [0.25, 0.3) is 0 Å². The van der Waals surface area contributed by atoms with Crippen LogP contribution in [0.5, 0.6) is 0 Å². The lowest BCUT2D eigenvalue weighted by molar-refractivity contribution is -0.120. The van der Waals surface area contributed by atoms with Crippen LogP contribution in [0.3, 0.4) is 0 Å². The van der Waals surface area contributed by atoms with E-state index < -0.39 is 5.60 Å². The number of hydrogen-bond donors (Lipinski definition) is 3. The van der Waals surface area contributed by atoms with Crippen LogP contribution >= 0.6 is 11.6 Å². The molecule has 1 heterocycles. The van der Waals surface area contributed by atoms with Crippen LogP contribution in [0.25, 0.3) is 11.1 Å². The monoisotopic (exact) mass is 442 g/mol. The summed E-state index contributed by atoms with van der Waals surface area (Å²) in [5.41, 5.74) is 3.08. The molecular weight excluding hydrogens is 408 g/mol. The zero-order chi connectivity index (χ0) is 22.3. The molecule has 0 aliphatic carbocycles. The van der Waals surface area contributed by atoms with Crippen molar-refractivity contribution < 1.29 is 9.90 Å². The first-order valence-electron chi connectivity index (χ1n) is 11.6. The minimum absolute atomic E-state index is 0.0442. The Balaban J connectivity index is 2.00. The zero-order valence-electron chi connectivity index (χ0n) is 18.7. The average Bonchev–Trinajstić information content (AvgIpc) is 2.81. The van der Waals surface area contributed by atoms with Crippen molar-refractivity contribution in [1.29, 1.82) is 0 Å². The first kappa shape index (κ1) is 23.8. The van der Waals surface area contributed by atoms with Crippen LogP contribution in [-0.2, 0) is 16.8 Å². The molecule has 168 valence electrons. The van der Waals surface area contributed by atoms with Gasteiger partial charge in [0, 0.05) is 36.0 Å². The van der Waals surface area contributed by atoms with Crippen LogP contribution in [-0.4, -0.2) is 30.6 Å². The minimum Gasteiger partial charge on any atom is -0.385 e. The van der Waals surface area contributed by atoms with Crippen molar-refractivity contribution in [2.75, 3.05) is 19.6 Å². The second kappa shape index (κ2) is 11.1. The maximum absolute atomic E-state index is 12.2. The van der Waals surface area contributed by atoms with E-state index in [9.17, 15) is 9.90 Å². The number of piperidine rings is 1. The molecule has 31 heavy (non-hydrogen) atoms. The number of amides is 1. The summed E-state index contributed by atoms with van der Waals surface area (Å²) in [6, 6.07) is 14.3. The highest BCUT2D eigenvalue weighted by Gasteiger charge is 2.40. The first-order chi connectivity index (χ1) is 15.0. The van der Waals surface area contributed by atoms with Crippen molar-refractivity contribution in [3.05, 3.63) is 58.6 Å². The first-order valence-corrected chi connectivity index (χ1v) is 12.0. The number of carbonyl (C=O) groups excluding carboxylic acids is 1.